The van der Waals surface area contributed by atoms with Crippen molar-refractivity contribution in [1.29, 1.82) is 0 Å². The van der Waals surface area contributed by atoms with Crippen LogP contribution in [0.25, 0.3) is 23.1 Å². The van der Waals surface area contributed by atoms with Crippen LogP contribution in [0.5, 0.6) is 0 Å². The van der Waals surface area contributed by atoms with Gasteiger partial charge in [0, 0.05) is 16.8 Å². The molecule has 0 N–H and O–H groups in total. The van der Waals surface area contributed by atoms with E-state index in [-0.39, 0.29) is 11.9 Å². The summed E-state index contributed by atoms with van der Waals surface area (Å²) >= 11 is 0. The summed E-state index contributed by atoms with van der Waals surface area (Å²) in [5.74, 6) is 1.11. The molecule has 4 aromatic rings. The van der Waals surface area contributed by atoms with E-state index in [1.807, 2.05) is 60.7 Å². The maximum atomic E-state index is 13.6. The van der Waals surface area contributed by atoms with Crippen molar-refractivity contribution in [2.45, 2.75) is 19.8 Å². The number of anilines is 1. The minimum atomic E-state index is -0.388. The lowest BCUT2D eigenvalue weighted by atomic mass is 10.0. The molecule has 1 amide bonds. The number of hydrogen-bond acceptors (Lipinski definition) is 4. The van der Waals surface area contributed by atoms with E-state index in [4.69, 9.17) is 9.15 Å². The number of carbonyl (C=O) groups is 2. The van der Waals surface area contributed by atoms with Crippen LogP contribution in [0.2, 0.25) is 0 Å². The summed E-state index contributed by atoms with van der Waals surface area (Å²) < 4.78 is 10.8. The van der Waals surface area contributed by atoms with Crippen molar-refractivity contribution in [2.75, 3.05) is 12.0 Å². The molecule has 0 saturated heterocycles. The van der Waals surface area contributed by atoms with Gasteiger partial charge in [0.05, 0.1) is 18.4 Å². The van der Waals surface area contributed by atoms with Crippen molar-refractivity contribution in [3.8, 4) is 11.3 Å². The number of carbonyl (C=O) groups excluding carboxylic acids is 2. The summed E-state index contributed by atoms with van der Waals surface area (Å²) in [5.41, 5.74) is 5.64. The second-order valence-electron chi connectivity index (χ2n) is 9.15. The first-order valence-corrected chi connectivity index (χ1v) is 12.2. The molecule has 1 aliphatic heterocycles. The third kappa shape index (κ3) is 4.89. The zero-order valence-electron chi connectivity index (χ0n) is 21.0. The number of nitrogens with zero attached hydrogens (tertiary/aromatic N) is 1. The lowest BCUT2D eigenvalue weighted by Gasteiger charge is -2.21. The fraction of sp³-hybridized carbons (Fsp3) is 0.125. The van der Waals surface area contributed by atoms with Gasteiger partial charge in [-0.1, -0.05) is 68.4 Å². The summed E-state index contributed by atoms with van der Waals surface area (Å²) in [4.78, 5) is 27.1. The number of ether oxygens (including phenoxy) is 1. The van der Waals surface area contributed by atoms with Crippen LogP contribution in [0, 0.1) is 0 Å². The van der Waals surface area contributed by atoms with Crippen LogP contribution in [0.15, 0.2) is 107 Å². The van der Waals surface area contributed by atoms with E-state index in [1.165, 1.54) is 12.7 Å². The average molecular weight is 490 g/mol. The Morgan fingerprint density at radius 1 is 0.865 bits per heavy atom. The smallest absolute Gasteiger partial charge is 0.337 e. The Hall–Kier alpha value is -4.64. The molecule has 0 bridgehead atoms. The van der Waals surface area contributed by atoms with Crippen LogP contribution < -0.4 is 4.90 Å². The Kier molecular flexibility index (Phi) is 6.60. The first-order chi connectivity index (χ1) is 17.9. The third-order valence-electron chi connectivity index (χ3n) is 6.39. The van der Waals surface area contributed by atoms with Gasteiger partial charge in [0.15, 0.2) is 0 Å². The molecule has 3 aromatic carbocycles. The van der Waals surface area contributed by atoms with E-state index in [0.29, 0.717) is 28.6 Å². The van der Waals surface area contributed by atoms with Crippen molar-refractivity contribution in [2.24, 2.45) is 0 Å². The molecule has 2 heterocycles. The van der Waals surface area contributed by atoms with Crippen LogP contribution in [0.3, 0.4) is 0 Å². The minimum Gasteiger partial charge on any atom is -0.465 e. The van der Waals surface area contributed by atoms with E-state index < -0.39 is 0 Å². The quantitative estimate of drug-likeness (QED) is 0.210. The molecule has 0 fully saturated rings. The van der Waals surface area contributed by atoms with Gasteiger partial charge in [-0.3, -0.25) is 9.69 Å². The lowest BCUT2D eigenvalue weighted by molar-refractivity contribution is -0.113. The molecule has 0 aliphatic carbocycles. The fourth-order valence-corrected chi connectivity index (χ4v) is 4.33. The summed E-state index contributed by atoms with van der Waals surface area (Å²) in [6, 6.07) is 28.7. The van der Waals surface area contributed by atoms with Crippen LogP contribution >= 0.6 is 0 Å². The summed E-state index contributed by atoms with van der Waals surface area (Å²) in [6.07, 6.45) is 3.67. The van der Waals surface area contributed by atoms with Crippen molar-refractivity contribution >= 4 is 29.3 Å². The SMILES string of the molecule is COC(=O)c1ccc(-c2ccc(/C=C3\C=C(c4ccccc4)N(c4ccc(C(C)C)cc4)C3=O)o2)cc1. The molecule has 0 spiro atoms. The molecular formula is C32H27NO4. The Labute approximate surface area is 216 Å². The highest BCUT2D eigenvalue weighted by atomic mass is 16.5. The molecule has 1 aliphatic rings. The fourth-order valence-electron chi connectivity index (χ4n) is 4.33. The zero-order valence-corrected chi connectivity index (χ0v) is 21.0. The number of furan rings is 1. The predicted octanol–water partition coefficient (Wildman–Crippen LogP) is 7.33. The predicted molar refractivity (Wildman–Crippen MR) is 146 cm³/mol. The molecule has 1 aromatic heterocycles. The van der Waals surface area contributed by atoms with E-state index in [2.05, 4.69) is 26.0 Å². The van der Waals surface area contributed by atoms with E-state index in [0.717, 1.165) is 22.5 Å². The van der Waals surface area contributed by atoms with Gasteiger partial charge in [-0.25, -0.2) is 4.79 Å². The van der Waals surface area contributed by atoms with Crippen molar-refractivity contribution in [3.05, 3.63) is 125 Å². The highest BCUT2D eigenvalue weighted by Gasteiger charge is 2.30. The van der Waals surface area contributed by atoms with Crippen LogP contribution in [-0.2, 0) is 9.53 Å². The van der Waals surface area contributed by atoms with E-state index in [9.17, 15) is 9.59 Å². The van der Waals surface area contributed by atoms with Crippen molar-refractivity contribution < 1.29 is 18.7 Å². The van der Waals surface area contributed by atoms with E-state index in [1.54, 1.807) is 35.2 Å². The van der Waals surface area contributed by atoms with Crippen LogP contribution in [-0.4, -0.2) is 19.0 Å². The maximum Gasteiger partial charge on any atom is 0.337 e. The molecule has 5 nitrogen and oxygen atoms in total. The summed E-state index contributed by atoms with van der Waals surface area (Å²) in [7, 11) is 1.35. The number of benzene rings is 3. The Morgan fingerprint density at radius 3 is 2.22 bits per heavy atom. The monoisotopic (exact) mass is 489 g/mol. The zero-order chi connectivity index (χ0) is 25.9. The number of amides is 1. The molecule has 5 heteroatoms. The second kappa shape index (κ2) is 10.2. The molecule has 0 unspecified atom stereocenters. The number of methoxy groups -OCH3 is 1. The van der Waals surface area contributed by atoms with Gasteiger partial charge >= 0.3 is 5.97 Å². The number of rotatable bonds is 6. The maximum absolute atomic E-state index is 13.6. The molecule has 0 radical (unpaired) electrons. The topological polar surface area (TPSA) is 59.8 Å². The standard InChI is InChI=1S/C32H27NO4/c1-21(2)22-13-15-27(16-14-22)33-29(23-7-5-4-6-8-23)20-26(31(33)34)19-28-17-18-30(37-28)24-9-11-25(12-10-24)32(35)36-3/h4-21H,1-3H3/b26-19+. The van der Waals surface area contributed by atoms with Gasteiger partial charge in [-0.15, -0.1) is 0 Å². The van der Waals surface area contributed by atoms with Gasteiger partial charge < -0.3 is 9.15 Å². The third-order valence-corrected chi connectivity index (χ3v) is 6.39. The minimum absolute atomic E-state index is 0.114. The largest absolute Gasteiger partial charge is 0.465 e. The van der Waals surface area contributed by atoms with Crippen LogP contribution in [0.1, 0.15) is 47.0 Å². The molecule has 184 valence electrons. The molecule has 5 rings (SSSR count). The number of esters is 1. The molecular weight excluding hydrogens is 462 g/mol. The highest BCUT2D eigenvalue weighted by molar-refractivity contribution is 6.23. The average Bonchev–Trinajstić information content (AvgIpc) is 3.53. The van der Waals surface area contributed by atoms with Gasteiger partial charge in [-0.05, 0) is 65.6 Å². The summed E-state index contributed by atoms with van der Waals surface area (Å²) in [6.45, 7) is 4.30. The van der Waals surface area contributed by atoms with Crippen LogP contribution in [0.4, 0.5) is 5.69 Å². The highest BCUT2D eigenvalue weighted by Crippen LogP contribution is 2.36. The van der Waals surface area contributed by atoms with E-state index >= 15 is 0 Å². The Morgan fingerprint density at radius 2 is 1.57 bits per heavy atom. The second-order valence-corrected chi connectivity index (χ2v) is 9.15. The summed E-state index contributed by atoms with van der Waals surface area (Å²) in [5, 5.41) is 0. The molecule has 0 atom stereocenters. The lowest BCUT2D eigenvalue weighted by Crippen LogP contribution is -2.24. The normalized spacial score (nSPS) is 14.4. The van der Waals surface area contributed by atoms with Gasteiger partial charge in [0.25, 0.3) is 5.91 Å². The first-order valence-electron chi connectivity index (χ1n) is 12.2. The van der Waals surface area contributed by atoms with Gasteiger partial charge in [0.2, 0.25) is 0 Å². The Bertz CT molecular complexity index is 1490. The van der Waals surface area contributed by atoms with Crippen molar-refractivity contribution in [3.63, 3.8) is 0 Å². The number of hydrogen-bond donors (Lipinski definition) is 0. The van der Waals surface area contributed by atoms with Gasteiger partial charge in [-0.2, -0.15) is 0 Å². The Balaban J connectivity index is 1.47. The van der Waals surface area contributed by atoms with Gasteiger partial charge in [0.1, 0.15) is 11.5 Å². The first kappa shape index (κ1) is 24.1. The van der Waals surface area contributed by atoms with Crippen molar-refractivity contribution in [1.82, 2.24) is 0 Å². The molecule has 0 saturated carbocycles. The molecule has 37 heavy (non-hydrogen) atoms.